The maximum absolute atomic E-state index is 13.4. The summed E-state index contributed by atoms with van der Waals surface area (Å²) in [6, 6.07) is 15.8. The van der Waals surface area contributed by atoms with Crippen LogP contribution in [0.2, 0.25) is 0 Å². The zero-order valence-corrected chi connectivity index (χ0v) is 21.1. The van der Waals surface area contributed by atoms with E-state index in [0.29, 0.717) is 24.5 Å². The van der Waals surface area contributed by atoms with Crippen molar-refractivity contribution < 1.29 is 9.53 Å². The number of imidazole rings is 1. The second-order valence-electron chi connectivity index (χ2n) is 9.31. The van der Waals surface area contributed by atoms with E-state index in [1.807, 2.05) is 91.8 Å². The molecule has 0 radical (unpaired) electrons. The highest BCUT2D eigenvalue weighted by Crippen LogP contribution is 2.25. The van der Waals surface area contributed by atoms with Crippen LogP contribution in [0.3, 0.4) is 0 Å². The molecule has 1 aromatic carbocycles. The molecule has 184 valence electrons. The molecule has 0 saturated carbocycles. The van der Waals surface area contributed by atoms with E-state index >= 15 is 0 Å². The number of aromatic nitrogens is 5. The van der Waals surface area contributed by atoms with Gasteiger partial charge in [0.15, 0.2) is 5.78 Å². The highest BCUT2D eigenvalue weighted by Gasteiger charge is 2.18. The number of pyridine rings is 2. The highest BCUT2D eigenvalue weighted by atomic mass is 16.5. The first-order valence-electron chi connectivity index (χ1n) is 12.0. The van der Waals surface area contributed by atoms with Crippen molar-refractivity contribution in [3.05, 3.63) is 89.3 Å². The topological polar surface area (TPSA) is 77.6 Å². The fraction of sp³-hybridized carbons (Fsp3) is 0.286. The molecule has 0 N–H and O–H groups in total. The van der Waals surface area contributed by atoms with Gasteiger partial charge >= 0.3 is 0 Å². The third-order valence-electron chi connectivity index (χ3n) is 6.23. The highest BCUT2D eigenvalue weighted by molar-refractivity contribution is 5.99. The number of nitrogens with zero attached hydrogens (tertiary/aromatic N) is 6. The van der Waals surface area contributed by atoms with Gasteiger partial charge in [0.2, 0.25) is 0 Å². The number of rotatable bonds is 9. The van der Waals surface area contributed by atoms with Gasteiger partial charge < -0.3 is 9.64 Å². The number of fused-ring (bicyclic) bond motifs is 2. The Balaban J connectivity index is 1.39. The maximum Gasteiger partial charge on any atom is 0.185 e. The SMILES string of the molecule is Cc1cccc(Cn2nc(C)c3c(CC(=O)c4cnc5cc(OCCN(C)C)ccn45)cccc32)n1. The summed E-state index contributed by atoms with van der Waals surface area (Å²) in [7, 11) is 4.01. The first-order valence-corrected chi connectivity index (χ1v) is 12.0. The molecule has 0 saturated heterocycles. The molecule has 4 heterocycles. The molecular formula is C28H30N6O2. The molecule has 0 aliphatic carbocycles. The first kappa shape index (κ1) is 23.7. The molecule has 0 aliphatic heterocycles. The van der Waals surface area contributed by atoms with Crippen molar-refractivity contribution >= 4 is 22.3 Å². The third kappa shape index (κ3) is 4.85. The summed E-state index contributed by atoms with van der Waals surface area (Å²) in [6.07, 6.45) is 3.75. The number of hydrogen-bond donors (Lipinski definition) is 0. The third-order valence-corrected chi connectivity index (χ3v) is 6.23. The summed E-state index contributed by atoms with van der Waals surface area (Å²) < 4.78 is 9.59. The van der Waals surface area contributed by atoms with Crippen LogP contribution in [0.1, 0.15) is 33.1 Å². The Hall–Kier alpha value is -4.04. The van der Waals surface area contributed by atoms with Crippen LogP contribution in [0.15, 0.2) is 60.9 Å². The number of hydrogen-bond acceptors (Lipinski definition) is 6. The second kappa shape index (κ2) is 9.91. The van der Waals surface area contributed by atoms with E-state index in [2.05, 4.69) is 14.9 Å². The van der Waals surface area contributed by atoms with E-state index in [4.69, 9.17) is 9.84 Å². The van der Waals surface area contributed by atoms with E-state index < -0.39 is 0 Å². The molecule has 0 fully saturated rings. The maximum atomic E-state index is 13.4. The normalized spacial score (nSPS) is 11.6. The van der Waals surface area contributed by atoms with Crippen LogP contribution in [0.5, 0.6) is 5.75 Å². The van der Waals surface area contributed by atoms with Gasteiger partial charge in [0.25, 0.3) is 0 Å². The van der Waals surface area contributed by atoms with E-state index in [-0.39, 0.29) is 12.2 Å². The van der Waals surface area contributed by atoms with E-state index in [9.17, 15) is 4.79 Å². The van der Waals surface area contributed by atoms with Crippen molar-refractivity contribution in [3.8, 4) is 5.75 Å². The smallest absolute Gasteiger partial charge is 0.185 e. The summed E-state index contributed by atoms with van der Waals surface area (Å²) >= 11 is 0. The number of carbonyl (C=O) groups excluding carboxylic acids is 1. The molecule has 0 unspecified atom stereocenters. The number of benzene rings is 1. The minimum Gasteiger partial charge on any atom is -0.492 e. The van der Waals surface area contributed by atoms with E-state index in [0.717, 1.165) is 45.8 Å². The molecular weight excluding hydrogens is 452 g/mol. The second-order valence-corrected chi connectivity index (χ2v) is 9.31. The Morgan fingerprint density at radius 1 is 1.08 bits per heavy atom. The molecule has 0 atom stereocenters. The molecule has 0 bridgehead atoms. The minimum absolute atomic E-state index is 0.00350. The summed E-state index contributed by atoms with van der Waals surface area (Å²) in [6.45, 7) is 5.97. The van der Waals surface area contributed by atoms with Gasteiger partial charge in [0.1, 0.15) is 23.7 Å². The van der Waals surface area contributed by atoms with Crippen LogP contribution < -0.4 is 4.74 Å². The largest absolute Gasteiger partial charge is 0.492 e. The molecule has 8 nitrogen and oxygen atoms in total. The molecule has 5 rings (SSSR count). The van der Waals surface area contributed by atoms with Gasteiger partial charge in [-0.2, -0.15) is 5.10 Å². The number of carbonyl (C=O) groups is 1. The van der Waals surface area contributed by atoms with Crippen LogP contribution in [0, 0.1) is 13.8 Å². The fourth-order valence-electron chi connectivity index (χ4n) is 4.48. The standard InChI is InChI=1S/C28H30N6O2/c1-19-7-5-9-22(30-19)18-34-24-10-6-8-21(28(24)20(2)31-34)15-26(35)25-17-29-27-16-23(11-12-33(25)27)36-14-13-32(3)4/h5-12,16-17H,13-15,18H2,1-4H3. The minimum atomic E-state index is 0.00350. The molecule has 8 heteroatoms. The molecule has 0 spiro atoms. The number of aryl methyl sites for hydroxylation is 2. The zero-order valence-electron chi connectivity index (χ0n) is 21.1. The van der Waals surface area contributed by atoms with Gasteiger partial charge in [-0.1, -0.05) is 18.2 Å². The Labute approximate surface area is 210 Å². The molecule has 0 amide bonds. The van der Waals surface area contributed by atoms with Crippen LogP contribution >= 0.6 is 0 Å². The van der Waals surface area contributed by atoms with Crippen molar-refractivity contribution in [1.82, 2.24) is 29.0 Å². The summed E-state index contributed by atoms with van der Waals surface area (Å²) in [5.41, 5.74) is 6.03. The van der Waals surface area contributed by atoms with Gasteiger partial charge in [-0.3, -0.25) is 18.9 Å². The number of ether oxygens (including phenoxy) is 1. The van der Waals surface area contributed by atoms with Crippen LogP contribution in [0.4, 0.5) is 0 Å². The summed E-state index contributed by atoms with van der Waals surface area (Å²) in [5.74, 6) is 0.744. The van der Waals surface area contributed by atoms with Crippen molar-refractivity contribution in [1.29, 1.82) is 0 Å². The van der Waals surface area contributed by atoms with Crippen LogP contribution in [-0.2, 0) is 13.0 Å². The van der Waals surface area contributed by atoms with E-state index in [1.54, 1.807) is 6.20 Å². The predicted molar refractivity (Wildman–Crippen MR) is 140 cm³/mol. The summed E-state index contributed by atoms with van der Waals surface area (Å²) in [5, 5.41) is 5.79. The van der Waals surface area contributed by atoms with Crippen LogP contribution in [-0.4, -0.2) is 62.1 Å². The van der Waals surface area contributed by atoms with Gasteiger partial charge in [-0.05, 0) is 57.8 Å². The molecule has 5 aromatic rings. The quantitative estimate of drug-likeness (QED) is 0.294. The lowest BCUT2D eigenvalue weighted by atomic mass is 10.0. The van der Waals surface area contributed by atoms with E-state index in [1.165, 1.54) is 0 Å². The van der Waals surface area contributed by atoms with Crippen molar-refractivity contribution in [2.75, 3.05) is 27.2 Å². The molecule has 36 heavy (non-hydrogen) atoms. The van der Waals surface area contributed by atoms with Gasteiger partial charge in [-0.15, -0.1) is 0 Å². The van der Waals surface area contributed by atoms with Crippen molar-refractivity contribution in [2.24, 2.45) is 0 Å². The number of ketones is 1. The predicted octanol–water partition coefficient (Wildman–Crippen LogP) is 4.11. The fourth-order valence-corrected chi connectivity index (χ4v) is 4.48. The lowest BCUT2D eigenvalue weighted by molar-refractivity contribution is 0.0987. The Kier molecular flexibility index (Phi) is 6.52. The molecule has 4 aromatic heterocycles. The molecule has 0 aliphatic rings. The average Bonchev–Trinajstić information content (AvgIpc) is 3.40. The van der Waals surface area contributed by atoms with Crippen molar-refractivity contribution in [3.63, 3.8) is 0 Å². The van der Waals surface area contributed by atoms with Crippen LogP contribution in [0.25, 0.3) is 16.6 Å². The number of Topliss-reactive ketones (excluding diaryl/α,β-unsaturated/α-hetero) is 1. The Morgan fingerprint density at radius 2 is 1.92 bits per heavy atom. The Morgan fingerprint density at radius 3 is 2.72 bits per heavy atom. The lowest BCUT2D eigenvalue weighted by Gasteiger charge is -2.11. The van der Waals surface area contributed by atoms with Crippen molar-refractivity contribution in [2.45, 2.75) is 26.8 Å². The number of likely N-dealkylation sites (N-methyl/N-ethyl adjacent to an activating group) is 1. The zero-order chi connectivity index (χ0) is 25.2. The summed E-state index contributed by atoms with van der Waals surface area (Å²) in [4.78, 5) is 24.5. The monoisotopic (exact) mass is 482 g/mol. The average molecular weight is 483 g/mol. The van der Waals surface area contributed by atoms with Gasteiger partial charge in [0, 0.05) is 36.3 Å². The Bertz CT molecular complexity index is 1550. The lowest BCUT2D eigenvalue weighted by Crippen LogP contribution is -2.19. The first-order chi connectivity index (χ1) is 17.4. The van der Waals surface area contributed by atoms with Gasteiger partial charge in [0.05, 0.1) is 29.6 Å². The van der Waals surface area contributed by atoms with Gasteiger partial charge in [-0.25, -0.2) is 4.98 Å².